The summed E-state index contributed by atoms with van der Waals surface area (Å²) in [5, 5.41) is 7.56. The van der Waals surface area contributed by atoms with Crippen molar-refractivity contribution in [1.82, 2.24) is 10.6 Å². The van der Waals surface area contributed by atoms with Gasteiger partial charge in [-0.3, -0.25) is 14.4 Å². The van der Waals surface area contributed by atoms with E-state index in [9.17, 15) is 23.2 Å². The van der Waals surface area contributed by atoms with Gasteiger partial charge in [-0.2, -0.15) is 0 Å². The summed E-state index contributed by atoms with van der Waals surface area (Å²) in [6.45, 7) is -0.266. The fourth-order valence-corrected chi connectivity index (χ4v) is 3.10. The molecule has 0 aliphatic heterocycles. The van der Waals surface area contributed by atoms with Gasteiger partial charge in [0, 0.05) is 24.4 Å². The molecule has 3 N–H and O–H groups in total. The van der Waals surface area contributed by atoms with E-state index in [0.717, 1.165) is 12.1 Å². The molecule has 3 amide bonds. The third-order valence-corrected chi connectivity index (χ3v) is 4.90. The largest absolute Gasteiger partial charge is 0.497 e. The molecule has 0 aromatic heterocycles. The highest BCUT2D eigenvalue weighted by Gasteiger charge is 2.23. The van der Waals surface area contributed by atoms with Crippen LogP contribution in [0.4, 0.5) is 14.5 Å². The molecule has 10 heteroatoms. The van der Waals surface area contributed by atoms with Gasteiger partial charge >= 0.3 is 0 Å². The Kier molecular flexibility index (Phi) is 8.33. The predicted molar refractivity (Wildman–Crippen MR) is 124 cm³/mol. The Morgan fingerprint density at radius 1 is 0.914 bits per heavy atom. The number of ether oxygens (including phenoxy) is 2. The Bertz CT molecular complexity index is 1220. The van der Waals surface area contributed by atoms with Gasteiger partial charge in [-0.05, 0) is 54.1 Å². The van der Waals surface area contributed by atoms with Crippen LogP contribution in [-0.4, -0.2) is 38.5 Å². The van der Waals surface area contributed by atoms with E-state index in [0.29, 0.717) is 17.2 Å². The molecule has 1 atom stereocenters. The van der Waals surface area contributed by atoms with Gasteiger partial charge in [-0.15, -0.1) is 0 Å². The van der Waals surface area contributed by atoms with Gasteiger partial charge < -0.3 is 25.4 Å². The van der Waals surface area contributed by atoms with Crippen LogP contribution < -0.4 is 25.4 Å². The first-order valence-electron chi connectivity index (χ1n) is 10.4. The average molecular weight is 483 g/mol. The number of hydrogen-bond acceptors (Lipinski definition) is 5. The number of amides is 3. The van der Waals surface area contributed by atoms with E-state index in [-0.39, 0.29) is 23.6 Å². The molecule has 0 aliphatic carbocycles. The zero-order valence-corrected chi connectivity index (χ0v) is 18.9. The fourth-order valence-electron chi connectivity index (χ4n) is 3.10. The number of halogens is 2. The molecule has 0 fully saturated rings. The van der Waals surface area contributed by atoms with Crippen LogP contribution in [0.5, 0.6) is 11.5 Å². The number of methoxy groups -OCH3 is 1. The molecular weight excluding hydrogens is 460 g/mol. The quantitative estimate of drug-likeness (QED) is 0.434. The van der Waals surface area contributed by atoms with Crippen molar-refractivity contribution < 1.29 is 32.6 Å². The number of carbonyl (C=O) groups excluding carboxylic acids is 3. The molecule has 0 saturated heterocycles. The molecule has 35 heavy (non-hydrogen) atoms. The van der Waals surface area contributed by atoms with Gasteiger partial charge in [0.25, 0.3) is 11.8 Å². The van der Waals surface area contributed by atoms with E-state index in [2.05, 4.69) is 16.0 Å². The number of nitrogens with one attached hydrogen (secondary N) is 3. The minimum Gasteiger partial charge on any atom is -0.497 e. The molecule has 0 saturated carbocycles. The second-order valence-corrected chi connectivity index (χ2v) is 7.29. The summed E-state index contributed by atoms with van der Waals surface area (Å²) in [6.07, 6.45) is 0. The minimum absolute atomic E-state index is 0.0820. The number of likely N-dealkylation sites (N-methyl/N-ethyl adjacent to an activating group) is 1. The van der Waals surface area contributed by atoms with Gasteiger partial charge in [-0.25, -0.2) is 8.78 Å². The third-order valence-electron chi connectivity index (χ3n) is 4.90. The Morgan fingerprint density at radius 3 is 2.31 bits per heavy atom. The Hall–Kier alpha value is -4.47. The Labute approximate surface area is 200 Å². The molecule has 3 rings (SSSR count). The van der Waals surface area contributed by atoms with Crippen LogP contribution in [0.2, 0.25) is 0 Å². The van der Waals surface area contributed by atoms with E-state index < -0.39 is 29.5 Å². The lowest BCUT2D eigenvalue weighted by Gasteiger charge is -2.18. The van der Waals surface area contributed by atoms with Gasteiger partial charge in [-0.1, -0.05) is 12.1 Å². The highest BCUT2D eigenvalue weighted by atomic mass is 19.2. The normalized spacial score (nSPS) is 11.2. The summed E-state index contributed by atoms with van der Waals surface area (Å²) >= 11 is 0. The molecule has 0 radical (unpaired) electrons. The van der Waals surface area contributed by atoms with Crippen molar-refractivity contribution in [1.29, 1.82) is 0 Å². The highest BCUT2D eigenvalue weighted by Crippen LogP contribution is 2.19. The molecule has 8 nitrogen and oxygen atoms in total. The molecule has 1 unspecified atom stereocenters. The molecule has 182 valence electrons. The second kappa shape index (κ2) is 11.6. The van der Waals surface area contributed by atoms with E-state index in [4.69, 9.17) is 9.47 Å². The topological polar surface area (TPSA) is 106 Å². The third kappa shape index (κ3) is 6.76. The van der Waals surface area contributed by atoms with Crippen molar-refractivity contribution >= 4 is 23.4 Å². The van der Waals surface area contributed by atoms with Crippen LogP contribution in [0.15, 0.2) is 66.7 Å². The summed E-state index contributed by atoms with van der Waals surface area (Å²) in [5.41, 5.74) is 0.824. The first kappa shape index (κ1) is 25.2. The summed E-state index contributed by atoms with van der Waals surface area (Å²) in [4.78, 5) is 37.0. The number of rotatable bonds is 9. The van der Waals surface area contributed by atoms with Crippen LogP contribution in [0.25, 0.3) is 0 Å². The standard InChI is InChI=1S/C25H23F2N3O5/c1-28-25(33)23(16-8-11-20(26)21(27)12-16)30-24(32)15-6-9-18(10-7-15)35-14-22(31)29-17-4-3-5-19(13-17)34-2/h3-13,23H,14H2,1-2H3,(H,28,33)(H,29,31)(H,30,32). The summed E-state index contributed by atoms with van der Waals surface area (Å²) in [5.74, 6) is -2.88. The van der Waals surface area contributed by atoms with Gasteiger partial charge in [0.05, 0.1) is 7.11 Å². The molecule has 0 aliphatic rings. The van der Waals surface area contributed by atoms with Gasteiger partial charge in [0.15, 0.2) is 18.2 Å². The molecule has 0 bridgehead atoms. The maximum absolute atomic E-state index is 13.6. The van der Waals surface area contributed by atoms with Crippen molar-refractivity contribution in [3.05, 3.63) is 89.5 Å². The van der Waals surface area contributed by atoms with E-state index >= 15 is 0 Å². The minimum atomic E-state index is -1.24. The fraction of sp³-hybridized carbons (Fsp3) is 0.160. The monoisotopic (exact) mass is 483 g/mol. The maximum Gasteiger partial charge on any atom is 0.262 e. The van der Waals surface area contributed by atoms with E-state index in [1.54, 1.807) is 24.3 Å². The predicted octanol–water partition coefficient (Wildman–Crippen LogP) is 3.21. The molecule has 3 aromatic rings. The molecule has 3 aromatic carbocycles. The first-order chi connectivity index (χ1) is 16.8. The Balaban J connectivity index is 1.60. The number of hydrogen-bond donors (Lipinski definition) is 3. The zero-order valence-electron chi connectivity index (χ0n) is 18.9. The lowest BCUT2D eigenvalue weighted by molar-refractivity contribution is -0.122. The van der Waals surface area contributed by atoms with Gasteiger partial charge in [0.2, 0.25) is 5.91 Å². The molecule has 0 spiro atoms. The molecule has 0 heterocycles. The number of carbonyl (C=O) groups is 3. The summed E-state index contributed by atoms with van der Waals surface area (Å²) < 4.78 is 37.4. The lowest BCUT2D eigenvalue weighted by atomic mass is 10.0. The van der Waals surface area contributed by atoms with Crippen LogP contribution in [0.3, 0.4) is 0 Å². The Morgan fingerprint density at radius 2 is 1.66 bits per heavy atom. The first-order valence-corrected chi connectivity index (χ1v) is 10.4. The van der Waals surface area contributed by atoms with Crippen LogP contribution in [-0.2, 0) is 9.59 Å². The lowest BCUT2D eigenvalue weighted by Crippen LogP contribution is -2.39. The highest BCUT2D eigenvalue weighted by molar-refractivity contribution is 5.98. The van der Waals surface area contributed by atoms with Crippen LogP contribution >= 0.6 is 0 Å². The van der Waals surface area contributed by atoms with E-state index in [1.165, 1.54) is 44.5 Å². The second-order valence-electron chi connectivity index (χ2n) is 7.29. The summed E-state index contributed by atoms with van der Waals surface area (Å²) in [6, 6.07) is 14.4. The van der Waals surface area contributed by atoms with Gasteiger partial charge in [0.1, 0.15) is 17.5 Å². The maximum atomic E-state index is 13.6. The SMILES string of the molecule is CNC(=O)C(NC(=O)c1ccc(OCC(=O)Nc2cccc(OC)c2)cc1)c1ccc(F)c(F)c1. The van der Waals surface area contributed by atoms with Crippen LogP contribution in [0, 0.1) is 11.6 Å². The number of anilines is 1. The zero-order chi connectivity index (χ0) is 25.4. The van der Waals surface area contributed by atoms with Crippen molar-refractivity contribution in [3.8, 4) is 11.5 Å². The van der Waals surface area contributed by atoms with E-state index in [1.807, 2.05) is 0 Å². The number of benzene rings is 3. The average Bonchev–Trinajstić information content (AvgIpc) is 2.87. The molecular formula is C25H23F2N3O5. The smallest absolute Gasteiger partial charge is 0.262 e. The van der Waals surface area contributed by atoms with Crippen LogP contribution in [0.1, 0.15) is 22.0 Å². The summed E-state index contributed by atoms with van der Waals surface area (Å²) in [7, 11) is 2.88. The van der Waals surface area contributed by atoms with Crippen molar-refractivity contribution in [2.75, 3.05) is 26.1 Å². The van der Waals surface area contributed by atoms with Crippen molar-refractivity contribution in [3.63, 3.8) is 0 Å². The van der Waals surface area contributed by atoms with Crippen molar-refractivity contribution in [2.45, 2.75) is 6.04 Å². The van der Waals surface area contributed by atoms with Crippen molar-refractivity contribution in [2.24, 2.45) is 0 Å².